The maximum absolute atomic E-state index is 12.7. The number of allylic oxidation sites excluding steroid dienone is 2. The van der Waals surface area contributed by atoms with Gasteiger partial charge in [0, 0.05) is 17.9 Å². The molecule has 3 rings (SSSR count). The molecule has 0 amide bonds. The van der Waals surface area contributed by atoms with Gasteiger partial charge < -0.3 is 14.6 Å². The zero-order valence-electron chi connectivity index (χ0n) is 22.1. The molecule has 5 heteroatoms. The van der Waals surface area contributed by atoms with Gasteiger partial charge in [0.15, 0.2) is 0 Å². The molecule has 5 nitrogen and oxygen atoms in total. The van der Waals surface area contributed by atoms with E-state index in [0.717, 1.165) is 24.8 Å². The van der Waals surface area contributed by atoms with Gasteiger partial charge in [-0.25, -0.2) is 4.79 Å². The van der Waals surface area contributed by atoms with Crippen LogP contribution in [0.3, 0.4) is 0 Å². The fourth-order valence-corrected chi connectivity index (χ4v) is 6.77. The van der Waals surface area contributed by atoms with Gasteiger partial charge in [-0.05, 0) is 67.4 Å². The zero-order chi connectivity index (χ0) is 25.8. The van der Waals surface area contributed by atoms with Crippen LogP contribution in [-0.4, -0.2) is 36.4 Å². The number of esters is 2. The van der Waals surface area contributed by atoms with Crippen LogP contribution in [0.2, 0.25) is 0 Å². The minimum atomic E-state index is -0.735. The number of benzene rings is 1. The van der Waals surface area contributed by atoms with Crippen molar-refractivity contribution in [3.05, 3.63) is 53.6 Å². The topological polar surface area (TPSA) is 72.8 Å². The molecule has 1 N–H and O–H groups in total. The summed E-state index contributed by atoms with van der Waals surface area (Å²) in [6, 6.07) is 9.63. The van der Waals surface area contributed by atoms with Crippen molar-refractivity contribution in [1.82, 2.24) is 0 Å². The second kappa shape index (κ2) is 11.1. The molecule has 0 saturated heterocycles. The third kappa shape index (κ3) is 6.06. The van der Waals surface area contributed by atoms with E-state index in [9.17, 15) is 14.7 Å². The van der Waals surface area contributed by atoms with Gasteiger partial charge in [-0.2, -0.15) is 0 Å². The Kier molecular flexibility index (Phi) is 8.63. The van der Waals surface area contributed by atoms with E-state index in [1.807, 2.05) is 30.3 Å². The number of hydrogen-bond acceptors (Lipinski definition) is 5. The minimum Gasteiger partial charge on any atom is -0.469 e. The zero-order valence-corrected chi connectivity index (χ0v) is 22.1. The lowest BCUT2D eigenvalue weighted by atomic mass is 9.46. The monoisotopic (exact) mass is 482 g/mol. The lowest BCUT2D eigenvalue weighted by Crippen LogP contribution is -2.60. The van der Waals surface area contributed by atoms with Crippen molar-refractivity contribution in [2.75, 3.05) is 7.11 Å². The molecule has 0 aliphatic heterocycles. The van der Waals surface area contributed by atoms with Crippen molar-refractivity contribution in [3.63, 3.8) is 0 Å². The Morgan fingerprint density at radius 3 is 2.54 bits per heavy atom. The highest BCUT2D eigenvalue weighted by molar-refractivity contribution is 5.87. The van der Waals surface area contributed by atoms with Gasteiger partial charge >= 0.3 is 11.9 Å². The fraction of sp³-hybridized carbons (Fsp3) is 0.600. The Morgan fingerprint density at radius 2 is 1.89 bits per heavy atom. The predicted molar refractivity (Wildman–Crippen MR) is 138 cm³/mol. The molecule has 0 radical (unpaired) electrons. The molecule has 2 aliphatic carbocycles. The molecule has 192 valence electrons. The highest BCUT2D eigenvalue weighted by Crippen LogP contribution is 2.61. The molecule has 1 aromatic carbocycles. The summed E-state index contributed by atoms with van der Waals surface area (Å²) in [5.41, 5.74) is 1.78. The molecule has 1 aromatic rings. The van der Waals surface area contributed by atoms with Crippen LogP contribution in [0.4, 0.5) is 0 Å². The fourth-order valence-electron chi connectivity index (χ4n) is 6.77. The van der Waals surface area contributed by atoms with Crippen molar-refractivity contribution >= 4 is 18.0 Å². The van der Waals surface area contributed by atoms with Crippen molar-refractivity contribution in [1.29, 1.82) is 0 Å². The van der Waals surface area contributed by atoms with E-state index < -0.39 is 23.6 Å². The number of aliphatic hydroxyl groups is 1. The Balaban J connectivity index is 1.74. The van der Waals surface area contributed by atoms with E-state index in [-0.39, 0.29) is 23.2 Å². The Labute approximate surface area is 210 Å². The summed E-state index contributed by atoms with van der Waals surface area (Å²) in [6.07, 6.45) is 8.01. The van der Waals surface area contributed by atoms with Crippen LogP contribution in [-0.2, 0) is 19.1 Å². The van der Waals surface area contributed by atoms with Gasteiger partial charge in [0.2, 0.25) is 0 Å². The molecule has 0 bridgehead atoms. The molecule has 0 spiro atoms. The second-order valence-corrected chi connectivity index (χ2v) is 11.5. The molecule has 35 heavy (non-hydrogen) atoms. The maximum Gasteiger partial charge on any atom is 0.331 e. The van der Waals surface area contributed by atoms with Crippen molar-refractivity contribution in [2.45, 2.75) is 78.9 Å². The minimum absolute atomic E-state index is 0.116. The molecule has 6 atom stereocenters. The van der Waals surface area contributed by atoms with Gasteiger partial charge in [-0.1, -0.05) is 69.7 Å². The lowest BCUT2D eigenvalue weighted by Gasteiger charge is -2.60. The second-order valence-electron chi connectivity index (χ2n) is 11.5. The Bertz CT molecular complexity index is 947. The summed E-state index contributed by atoms with van der Waals surface area (Å²) < 4.78 is 10.7. The first kappa shape index (κ1) is 27.2. The molecule has 1 fully saturated rings. The first-order valence-corrected chi connectivity index (χ1v) is 12.8. The van der Waals surface area contributed by atoms with E-state index in [1.54, 1.807) is 6.08 Å². The van der Waals surface area contributed by atoms with Gasteiger partial charge in [-0.3, -0.25) is 4.79 Å². The SMILES string of the molecule is COC(=O)C[C@H](C)CC[C@H]1C(C)=CC[C@H]2C(C)(C)[C@H](OC(=O)C=Cc3ccccc3)[C@H](O)C[C@]12C. The molecule has 0 heterocycles. The molecule has 1 saturated carbocycles. The average molecular weight is 483 g/mol. The van der Waals surface area contributed by atoms with E-state index in [0.29, 0.717) is 18.8 Å². The van der Waals surface area contributed by atoms with Gasteiger partial charge in [0.05, 0.1) is 13.2 Å². The van der Waals surface area contributed by atoms with Crippen LogP contribution >= 0.6 is 0 Å². The maximum atomic E-state index is 12.7. The first-order valence-electron chi connectivity index (χ1n) is 12.8. The predicted octanol–water partition coefficient (Wildman–Crippen LogP) is 5.97. The van der Waals surface area contributed by atoms with E-state index >= 15 is 0 Å². The first-order chi connectivity index (χ1) is 16.5. The standard InChI is InChI=1S/C30H42O5/c1-20(18-27(33)34-6)12-15-23-21(2)13-16-25-29(3,4)28(24(31)19-30(23,25)5)35-26(32)17-14-22-10-8-7-9-11-22/h7-11,13-14,17,20,23-25,28,31H,12,15-16,18-19H2,1-6H3/t20-,23+,24-,25+,28-,30-/m1/s1. The van der Waals surface area contributed by atoms with E-state index in [1.165, 1.54) is 18.8 Å². The van der Waals surface area contributed by atoms with Gasteiger partial charge in [0.1, 0.15) is 6.10 Å². The molecular formula is C30H42O5. The number of hydrogen-bond donors (Lipinski definition) is 1. The van der Waals surface area contributed by atoms with Gasteiger partial charge in [-0.15, -0.1) is 0 Å². The number of methoxy groups -OCH3 is 1. The number of carbonyl (C=O) groups excluding carboxylic acids is 2. The molecule has 0 aromatic heterocycles. The average Bonchev–Trinajstić information content (AvgIpc) is 2.80. The Hall–Kier alpha value is -2.40. The number of rotatable bonds is 8. The van der Waals surface area contributed by atoms with Crippen LogP contribution in [0, 0.1) is 28.6 Å². The van der Waals surface area contributed by atoms with Crippen LogP contribution in [0.5, 0.6) is 0 Å². The van der Waals surface area contributed by atoms with Crippen molar-refractivity contribution in [2.24, 2.45) is 28.6 Å². The van der Waals surface area contributed by atoms with Crippen LogP contribution < -0.4 is 0 Å². The van der Waals surface area contributed by atoms with E-state index in [2.05, 4.69) is 40.7 Å². The number of fused-ring (bicyclic) bond motifs is 1. The van der Waals surface area contributed by atoms with Gasteiger partial charge in [0.25, 0.3) is 0 Å². The highest BCUT2D eigenvalue weighted by Gasteiger charge is 2.59. The number of aliphatic hydroxyl groups excluding tert-OH is 1. The highest BCUT2D eigenvalue weighted by atomic mass is 16.6. The summed E-state index contributed by atoms with van der Waals surface area (Å²) in [7, 11) is 1.43. The number of carbonyl (C=O) groups is 2. The van der Waals surface area contributed by atoms with Crippen LogP contribution in [0.1, 0.15) is 72.3 Å². The molecule has 0 unspecified atom stereocenters. The third-order valence-corrected chi connectivity index (χ3v) is 8.59. The summed E-state index contributed by atoms with van der Waals surface area (Å²) in [6.45, 7) is 10.8. The molecule has 2 aliphatic rings. The largest absolute Gasteiger partial charge is 0.469 e. The lowest BCUT2D eigenvalue weighted by molar-refractivity contribution is -0.198. The van der Waals surface area contributed by atoms with Crippen LogP contribution in [0.15, 0.2) is 48.1 Å². The van der Waals surface area contributed by atoms with E-state index in [4.69, 9.17) is 9.47 Å². The van der Waals surface area contributed by atoms with Crippen molar-refractivity contribution < 1.29 is 24.2 Å². The smallest absolute Gasteiger partial charge is 0.331 e. The normalized spacial score (nSPS) is 30.8. The number of ether oxygens (including phenoxy) is 2. The van der Waals surface area contributed by atoms with Crippen molar-refractivity contribution in [3.8, 4) is 0 Å². The quantitative estimate of drug-likeness (QED) is 0.281. The molecular weight excluding hydrogens is 440 g/mol. The summed E-state index contributed by atoms with van der Waals surface area (Å²) in [5.74, 6) is 0.220. The van der Waals surface area contributed by atoms with Crippen LogP contribution in [0.25, 0.3) is 6.08 Å². The Morgan fingerprint density at radius 1 is 1.20 bits per heavy atom. The summed E-state index contributed by atoms with van der Waals surface area (Å²) in [5, 5.41) is 11.3. The summed E-state index contributed by atoms with van der Waals surface area (Å²) in [4.78, 5) is 24.4. The third-order valence-electron chi connectivity index (χ3n) is 8.59. The summed E-state index contributed by atoms with van der Waals surface area (Å²) >= 11 is 0.